The van der Waals surface area contributed by atoms with Crippen LogP contribution in [0.5, 0.6) is 11.5 Å². The summed E-state index contributed by atoms with van der Waals surface area (Å²) >= 11 is 0. The van der Waals surface area contributed by atoms with Gasteiger partial charge in [-0.1, -0.05) is 0 Å². The Balaban J connectivity index is 2.03. The van der Waals surface area contributed by atoms with Gasteiger partial charge in [-0.25, -0.2) is 0 Å². The molecule has 2 aromatic rings. The van der Waals surface area contributed by atoms with Crippen molar-refractivity contribution in [1.82, 2.24) is 15.1 Å². The third-order valence-electron chi connectivity index (χ3n) is 2.65. The maximum Gasteiger partial charge on any atom is 0.251 e. The van der Waals surface area contributed by atoms with Gasteiger partial charge in [-0.15, -0.1) is 0 Å². The minimum absolute atomic E-state index is 0.00584. The van der Waals surface area contributed by atoms with E-state index in [0.29, 0.717) is 12.1 Å². The first-order valence-corrected chi connectivity index (χ1v) is 5.73. The van der Waals surface area contributed by atoms with E-state index in [1.54, 1.807) is 10.9 Å². The van der Waals surface area contributed by atoms with Gasteiger partial charge in [-0.2, -0.15) is 5.10 Å². The summed E-state index contributed by atoms with van der Waals surface area (Å²) in [5.74, 6) is 0.0440. The van der Waals surface area contributed by atoms with Gasteiger partial charge in [0.2, 0.25) is 0 Å². The van der Waals surface area contributed by atoms with Crippen LogP contribution in [0.1, 0.15) is 15.9 Å². The molecule has 0 bridgehead atoms. The molecule has 1 aromatic carbocycles. The fourth-order valence-electron chi connectivity index (χ4n) is 1.67. The Morgan fingerprint density at radius 2 is 2.32 bits per heavy atom. The minimum atomic E-state index is -0.234. The number of ether oxygens (including phenoxy) is 1. The van der Waals surface area contributed by atoms with E-state index in [1.807, 2.05) is 13.2 Å². The van der Waals surface area contributed by atoms with Crippen molar-refractivity contribution in [2.45, 2.75) is 6.54 Å². The summed E-state index contributed by atoms with van der Waals surface area (Å²) in [6.07, 6.45) is 3.52. The first kappa shape index (κ1) is 12.9. The average Bonchev–Trinajstić information content (AvgIpc) is 2.82. The van der Waals surface area contributed by atoms with E-state index < -0.39 is 0 Å². The highest BCUT2D eigenvalue weighted by molar-refractivity contribution is 5.94. The van der Waals surface area contributed by atoms with Gasteiger partial charge in [0.1, 0.15) is 0 Å². The van der Waals surface area contributed by atoms with E-state index >= 15 is 0 Å². The standard InChI is InChI=1S/C13H15N3O3/c1-16-8-9(7-15-16)6-14-13(18)10-3-4-11(17)12(5-10)19-2/h3-5,7-8,17H,6H2,1-2H3,(H,14,18). The number of hydrogen-bond acceptors (Lipinski definition) is 4. The number of amides is 1. The number of phenolic OH excluding ortho intramolecular Hbond substituents is 1. The Hall–Kier alpha value is -2.50. The van der Waals surface area contributed by atoms with Crippen LogP contribution >= 0.6 is 0 Å². The fraction of sp³-hybridized carbons (Fsp3) is 0.231. The zero-order valence-electron chi connectivity index (χ0n) is 10.8. The molecule has 0 spiro atoms. The van der Waals surface area contributed by atoms with Gasteiger partial charge in [0, 0.05) is 30.9 Å². The SMILES string of the molecule is COc1cc(C(=O)NCc2cnn(C)c2)ccc1O. The van der Waals surface area contributed by atoms with Gasteiger partial charge in [0.15, 0.2) is 11.5 Å². The largest absolute Gasteiger partial charge is 0.504 e. The number of rotatable bonds is 4. The first-order chi connectivity index (χ1) is 9.10. The second-order valence-corrected chi connectivity index (χ2v) is 4.09. The van der Waals surface area contributed by atoms with Crippen LogP contribution < -0.4 is 10.1 Å². The molecule has 0 aliphatic heterocycles. The van der Waals surface area contributed by atoms with Gasteiger partial charge in [-0.3, -0.25) is 9.48 Å². The number of carbonyl (C=O) groups excluding carboxylic acids is 1. The van der Waals surface area contributed by atoms with Crippen LogP contribution in [-0.4, -0.2) is 27.9 Å². The third kappa shape index (κ3) is 3.04. The van der Waals surface area contributed by atoms with E-state index in [-0.39, 0.29) is 17.4 Å². The molecular formula is C13H15N3O3. The fourth-order valence-corrected chi connectivity index (χ4v) is 1.67. The molecule has 1 aromatic heterocycles. The first-order valence-electron chi connectivity index (χ1n) is 5.73. The van der Waals surface area contributed by atoms with Gasteiger partial charge in [0.05, 0.1) is 13.3 Å². The number of benzene rings is 1. The molecule has 0 saturated heterocycles. The molecule has 0 aliphatic rings. The molecule has 0 aliphatic carbocycles. The van der Waals surface area contributed by atoms with Gasteiger partial charge in [0.25, 0.3) is 5.91 Å². The molecule has 0 atom stereocenters. The Labute approximate surface area is 110 Å². The summed E-state index contributed by atoms with van der Waals surface area (Å²) in [6, 6.07) is 4.46. The normalized spacial score (nSPS) is 10.2. The number of nitrogens with zero attached hydrogens (tertiary/aromatic N) is 2. The Morgan fingerprint density at radius 3 is 2.95 bits per heavy atom. The maximum absolute atomic E-state index is 11.9. The van der Waals surface area contributed by atoms with Crippen LogP contribution in [0.3, 0.4) is 0 Å². The van der Waals surface area contributed by atoms with Gasteiger partial charge in [-0.05, 0) is 18.2 Å². The molecule has 100 valence electrons. The Kier molecular flexibility index (Phi) is 3.70. The zero-order valence-corrected chi connectivity index (χ0v) is 10.8. The summed E-state index contributed by atoms with van der Waals surface area (Å²) < 4.78 is 6.63. The van der Waals surface area contributed by atoms with Crippen LogP contribution in [0.25, 0.3) is 0 Å². The van der Waals surface area contributed by atoms with Crippen LogP contribution in [0.2, 0.25) is 0 Å². The molecule has 0 unspecified atom stereocenters. The molecule has 1 amide bonds. The Morgan fingerprint density at radius 1 is 1.53 bits per heavy atom. The van der Waals surface area contributed by atoms with Gasteiger partial charge >= 0.3 is 0 Å². The molecule has 0 fully saturated rings. The number of nitrogens with one attached hydrogen (secondary N) is 1. The van der Waals surface area contributed by atoms with E-state index in [9.17, 15) is 9.90 Å². The summed E-state index contributed by atoms with van der Waals surface area (Å²) in [4.78, 5) is 11.9. The molecule has 6 heteroatoms. The summed E-state index contributed by atoms with van der Waals surface area (Å²) in [5, 5.41) is 16.2. The van der Waals surface area contributed by atoms with E-state index in [0.717, 1.165) is 5.56 Å². The molecule has 0 radical (unpaired) electrons. The molecular weight excluding hydrogens is 246 g/mol. The number of methoxy groups -OCH3 is 1. The lowest BCUT2D eigenvalue weighted by Gasteiger charge is -2.07. The van der Waals surface area contributed by atoms with Crippen LogP contribution in [0, 0.1) is 0 Å². The molecule has 2 rings (SSSR count). The number of aromatic hydroxyl groups is 1. The lowest BCUT2D eigenvalue weighted by atomic mass is 10.2. The minimum Gasteiger partial charge on any atom is -0.504 e. The topological polar surface area (TPSA) is 76.4 Å². The van der Waals surface area contributed by atoms with Gasteiger partial charge < -0.3 is 15.2 Å². The monoisotopic (exact) mass is 261 g/mol. The van der Waals surface area contributed by atoms with Crippen molar-refractivity contribution in [2.24, 2.45) is 7.05 Å². The number of aromatic nitrogens is 2. The predicted molar refractivity (Wildman–Crippen MR) is 69.0 cm³/mol. The van der Waals surface area contributed by atoms with Crippen molar-refractivity contribution in [3.8, 4) is 11.5 Å². The molecule has 6 nitrogen and oxygen atoms in total. The van der Waals surface area contributed by atoms with E-state index in [4.69, 9.17) is 4.74 Å². The van der Waals surface area contributed by atoms with Crippen LogP contribution in [-0.2, 0) is 13.6 Å². The molecule has 0 saturated carbocycles. The second kappa shape index (κ2) is 5.43. The number of phenols is 1. The highest BCUT2D eigenvalue weighted by atomic mass is 16.5. The van der Waals surface area contributed by atoms with Crippen molar-refractivity contribution in [3.05, 3.63) is 41.7 Å². The van der Waals surface area contributed by atoms with Crippen molar-refractivity contribution in [1.29, 1.82) is 0 Å². The second-order valence-electron chi connectivity index (χ2n) is 4.09. The average molecular weight is 261 g/mol. The maximum atomic E-state index is 11.9. The Bertz CT molecular complexity index is 593. The highest BCUT2D eigenvalue weighted by Crippen LogP contribution is 2.26. The smallest absolute Gasteiger partial charge is 0.251 e. The molecule has 1 heterocycles. The highest BCUT2D eigenvalue weighted by Gasteiger charge is 2.09. The van der Waals surface area contributed by atoms with Crippen molar-refractivity contribution in [3.63, 3.8) is 0 Å². The van der Waals surface area contributed by atoms with Crippen molar-refractivity contribution < 1.29 is 14.6 Å². The predicted octanol–water partition coefficient (Wildman–Crippen LogP) is 1.06. The van der Waals surface area contributed by atoms with Crippen LogP contribution in [0.15, 0.2) is 30.6 Å². The quantitative estimate of drug-likeness (QED) is 0.863. The third-order valence-corrected chi connectivity index (χ3v) is 2.65. The van der Waals surface area contributed by atoms with E-state index in [1.165, 1.54) is 25.3 Å². The molecule has 19 heavy (non-hydrogen) atoms. The lowest BCUT2D eigenvalue weighted by Crippen LogP contribution is -2.22. The molecule has 2 N–H and O–H groups in total. The number of aryl methyl sites for hydroxylation is 1. The summed E-state index contributed by atoms with van der Waals surface area (Å²) in [5.41, 5.74) is 1.35. The summed E-state index contributed by atoms with van der Waals surface area (Å²) in [6.45, 7) is 0.399. The zero-order chi connectivity index (χ0) is 13.8. The van der Waals surface area contributed by atoms with Crippen LogP contribution in [0.4, 0.5) is 0 Å². The van der Waals surface area contributed by atoms with E-state index in [2.05, 4.69) is 10.4 Å². The van der Waals surface area contributed by atoms with Crippen molar-refractivity contribution in [2.75, 3.05) is 7.11 Å². The van der Waals surface area contributed by atoms with Crippen molar-refractivity contribution >= 4 is 5.91 Å². The number of carbonyl (C=O) groups is 1. The lowest BCUT2D eigenvalue weighted by molar-refractivity contribution is 0.0950. The summed E-state index contributed by atoms with van der Waals surface area (Å²) in [7, 11) is 3.25. The number of hydrogen-bond donors (Lipinski definition) is 2.